The second-order valence-corrected chi connectivity index (χ2v) is 11.0. The van der Waals surface area contributed by atoms with Gasteiger partial charge in [-0.25, -0.2) is 19.7 Å². The van der Waals surface area contributed by atoms with Crippen molar-refractivity contribution >= 4 is 40.6 Å². The van der Waals surface area contributed by atoms with Gasteiger partial charge < -0.3 is 19.5 Å². The summed E-state index contributed by atoms with van der Waals surface area (Å²) in [5.74, 6) is 0.260. The number of unbranched alkanes of at least 4 members (excludes halogenated alkanes) is 1. The zero-order valence-corrected chi connectivity index (χ0v) is 22.8. The summed E-state index contributed by atoms with van der Waals surface area (Å²) in [6.07, 6.45) is 4.23. The lowest BCUT2D eigenvalue weighted by Crippen LogP contribution is -2.46. The van der Waals surface area contributed by atoms with Crippen molar-refractivity contribution in [1.29, 1.82) is 0 Å². The summed E-state index contributed by atoms with van der Waals surface area (Å²) < 4.78 is 20.7. The molecular weight excluding hydrogens is 530 g/mol. The molecule has 4 aromatic rings. The summed E-state index contributed by atoms with van der Waals surface area (Å²) in [6, 6.07) is 17.8. The first-order valence-corrected chi connectivity index (χ1v) is 14.3. The van der Waals surface area contributed by atoms with Crippen molar-refractivity contribution in [3.8, 4) is 0 Å². The first kappa shape index (κ1) is 26.4. The van der Waals surface area contributed by atoms with E-state index in [0.29, 0.717) is 40.5 Å². The Morgan fingerprint density at radius 3 is 2.58 bits per heavy atom. The Bertz CT molecular complexity index is 1500. The molecule has 4 atom stereocenters. The molecule has 2 aromatic carbocycles. The summed E-state index contributed by atoms with van der Waals surface area (Å²) >= 11 is 1.73. The second-order valence-electron chi connectivity index (χ2n) is 9.80. The molecule has 1 N–H and O–H groups in total. The van der Waals surface area contributed by atoms with Crippen molar-refractivity contribution in [3.63, 3.8) is 0 Å². The third-order valence-electron chi connectivity index (χ3n) is 7.13. The van der Waals surface area contributed by atoms with Crippen LogP contribution in [-0.4, -0.2) is 67.3 Å². The number of ether oxygens (including phenoxy) is 3. The third-order valence-corrected chi connectivity index (χ3v) is 8.65. The number of nitrogens with zero attached hydrogens (tertiary/aromatic N) is 4. The van der Waals surface area contributed by atoms with Crippen molar-refractivity contribution < 1.29 is 23.8 Å². The number of thioether (sulfide) groups is 1. The molecule has 0 aliphatic carbocycles. The van der Waals surface area contributed by atoms with Gasteiger partial charge in [-0.1, -0.05) is 49.7 Å². The van der Waals surface area contributed by atoms with Crippen LogP contribution in [0.3, 0.4) is 0 Å². The number of hydrogen-bond donors (Lipinski definition) is 1. The number of carbonyl (C=O) groups excluding carboxylic acids is 2. The van der Waals surface area contributed by atoms with Crippen LogP contribution in [-0.2, 0) is 14.2 Å². The van der Waals surface area contributed by atoms with E-state index in [0.717, 1.165) is 12.8 Å². The molecule has 0 radical (unpaired) electrons. The van der Waals surface area contributed by atoms with E-state index in [4.69, 9.17) is 14.2 Å². The van der Waals surface area contributed by atoms with Crippen LogP contribution in [0.25, 0.3) is 11.2 Å². The number of hydrogen-bond acceptors (Lipinski definition) is 9. The highest BCUT2D eigenvalue weighted by atomic mass is 32.2. The maximum absolute atomic E-state index is 12.8. The second kappa shape index (κ2) is 11.4. The van der Waals surface area contributed by atoms with Crippen LogP contribution >= 0.6 is 11.8 Å². The Hall–Kier alpha value is -3.80. The smallest absolute Gasteiger partial charge is 0.338 e. The molecule has 0 saturated carbocycles. The lowest BCUT2D eigenvalue weighted by molar-refractivity contribution is -0.128. The van der Waals surface area contributed by atoms with Gasteiger partial charge in [-0.15, -0.1) is 11.8 Å². The molecule has 10 nitrogen and oxygen atoms in total. The molecule has 0 spiro atoms. The number of nitrogens with one attached hydrogen (secondary N) is 1. The van der Waals surface area contributed by atoms with E-state index in [1.165, 1.54) is 6.33 Å². The highest BCUT2D eigenvalue weighted by Gasteiger charge is 2.63. The van der Waals surface area contributed by atoms with Crippen molar-refractivity contribution in [2.24, 2.45) is 0 Å². The molecule has 2 aliphatic rings. The normalized spacial score (nSPS) is 23.4. The van der Waals surface area contributed by atoms with Gasteiger partial charge in [0.15, 0.2) is 23.2 Å². The van der Waals surface area contributed by atoms with E-state index in [9.17, 15) is 9.59 Å². The number of rotatable bonds is 10. The number of benzene rings is 2. The van der Waals surface area contributed by atoms with E-state index >= 15 is 0 Å². The molecular formula is C29H29N5O5S. The van der Waals surface area contributed by atoms with Crippen LogP contribution < -0.4 is 5.32 Å². The lowest BCUT2D eigenvalue weighted by Gasteiger charge is -2.31. The number of imidazole rings is 1. The SMILES string of the molecule is CCCCOC1[C@H]2SC[C@@]1(COC(=O)c1ccccc1)O[C@H]2n1cnc2c(NC(=O)c3ccccc3)ncnc21. The van der Waals surface area contributed by atoms with E-state index in [1.807, 2.05) is 16.7 Å². The number of anilines is 1. The summed E-state index contributed by atoms with van der Waals surface area (Å²) in [4.78, 5) is 38.8. The van der Waals surface area contributed by atoms with Gasteiger partial charge in [0.05, 0.1) is 17.1 Å². The minimum atomic E-state index is -0.813. The maximum Gasteiger partial charge on any atom is 0.338 e. The molecule has 40 heavy (non-hydrogen) atoms. The highest BCUT2D eigenvalue weighted by Crippen LogP contribution is 2.54. The first-order chi connectivity index (χ1) is 19.6. The van der Waals surface area contributed by atoms with Crippen LogP contribution in [0.1, 0.15) is 46.7 Å². The third kappa shape index (κ3) is 4.96. The molecule has 1 unspecified atom stereocenters. The van der Waals surface area contributed by atoms with Gasteiger partial charge in [0.25, 0.3) is 5.91 Å². The van der Waals surface area contributed by atoms with Crippen LogP contribution in [0.5, 0.6) is 0 Å². The van der Waals surface area contributed by atoms with Crippen molar-refractivity contribution in [1.82, 2.24) is 19.5 Å². The average molecular weight is 560 g/mol. The van der Waals surface area contributed by atoms with Crippen molar-refractivity contribution in [3.05, 3.63) is 84.4 Å². The lowest BCUT2D eigenvalue weighted by atomic mass is 10.00. The number of esters is 1. The van der Waals surface area contributed by atoms with E-state index < -0.39 is 17.8 Å². The number of aromatic nitrogens is 4. The van der Waals surface area contributed by atoms with Gasteiger partial charge in [0, 0.05) is 17.9 Å². The molecule has 2 bridgehead atoms. The predicted octanol–water partition coefficient (Wildman–Crippen LogP) is 4.50. The monoisotopic (exact) mass is 559 g/mol. The maximum atomic E-state index is 12.8. The zero-order valence-electron chi connectivity index (χ0n) is 21.9. The molecule has 2 fully saturated rings. The van der Waals surface area contributed by atoms with Crippen LogP contribution in [0.4, 0.5) is 5.82 Å². The fourth-order valence-corrected chi connectivity index (χ4v) is 6.71. The van der Waals surface area contributed by atoms with Crippen LogP contribution in [0.15, 0.2) is 73.3 Å². The number of amides is 1. The molecule has 2 aliphatic heterocycles. The summed E-state index contributed by atoms with van der Waals surface area (Å²) in [5, 5.41) is 2.78. The quantitative estimate of drug-likeness (QED) is 0.221. The molecule has 2 aromatic heterocycles. The van der Waals surface area contributed by atoms with Crippen molar-refractivity contribution in [2.45, 2.75) is 42.9 Å². The van der Waals surface area contributed by atoms with Crippen molar-refractivity contribution in [2.75, 3.05) is 24.3 Å². The van der Waals surface area contributed by atoms with Gasteiger partial charge in [-0.3, -0.25) is 9.36 Å². The highest BCUT2D eigenvalue weighted by molar-refractivity contribution is 8.00. The number of carbonyl (C=O) groups is 2. The van der Waals surface area contributed by atoms with Crippen LogP contribution in [0, 0.1) is 0 Å². The standard InChI is InChI=1S/C29H29N5O5S/c1-2-3-14-37-23-22-27(39-29(23,16-40-22)15-38-28(36)20-12-8-5-9-13-20)34-18-32-21-24(30-17-31-25(21)34)33-26(35)19-10-6-4-7-11-19/h4-13,17-18,22-23,27H,2-3,14-16H2,1H3,(H,30,31,33,35)/t22-,23?,27-,29-/m1/s1. The Kier molecular flexibility index (Phi) is 7.50. The first-order valence-electron chi connectivity index (χ1n) is 13.3. The van der Waals surface area contributed by atoms with Gasteiger partial charge in [0.2, 0.25) is 0 Å². The minimum absolute atomic E-state index is 0.0670. The molecule has 11 heteroatoms. The minimum Gasteiger partial charge on any atom is -0.459 e. The fourth-order valence-electron chi connectivity index (χ4n) is 5.07. The largest absolute Gasteiger partial charge is 0.459 e. The molecule has 2 saturated heterocycles. The van der Waals surface area contributed by atoms with Gasteiger partial charge in [-0.2, -0.15) is 0 Å². The summed E-state index contributed by atoms with van der Waals surface area (Å²) in [5.41, 5.74) is 1.17. The topological polar surface area (TPSA) is 117 Å². The Morgan fingerprint density at radius 2 is 1.82 bits per heavy atom. The molecule has 1 amide bonds. The Morgan fingerprint density at radius 1 is 1.07 bits per heavy atom. The Balaban J connectivity index is 1.26. The molecule has 6 rings (SSSR count). The van der Waals surface area contributed by atoms with E-state index in [1.54, 1.807) is 66.6 Å². The van der Waals surface area contributed by atoms with Gasteiger partial charge >= 0.3 is 5.97 Å². The van der Waals surface area contributed by atoms with Crippen LogP contribution in [0.2, 0.25) is 0 Å². The van der Waals surface area contributed by atoms with E-state index in [2.05, 4.69) is 27.2 Å². The Labute approximate surface area is 235 Å². The van der Waals surface area contributed by atoms with Gasteiger partial charge in [-0.05, 0) is 30.7 Å². The average Bonchev–Trinajstić information content (AvgIpc) is 3.67. The summed E-state index contributed by atoms with van der Waals surface area (Å²) in [6.45, 7) is 2.77. The van der Waals surface area contributed by atoms with E-state index in [-0.39, 0.29) is 23.9 Å². The summed E-state index contributed by atoms with van der Waals surface area (Å²) in [7, 11) is 0. The molecule has 206 valence electrons. The number of fused-ring (bicyclic) bond motifs is 3. The fraction of sp³-hybridized carbons (Fsp3) is 0.345. The molecule has 4 heterocycles. The zero-order chi connectivity index (χ0) is 27.5. The van der Waals surface area contributed by atoms with Gasteiger partial charge in [0.1, 0.15) is 24.6 Å². The predicted molar refractivity (Wildman–Crippen MR) is 150 cm³/mol.